The number of hydrogen-bond donors (Lipinski definition) is 4. The lowest BCUT2D eigenvalue weighted by Crippen LogP contribution is -2.45. The number of epoxide rings is 1. The summed E-state index contributed by atoms with van der Waals surface area (Å²) in [5, 5.41) is 42.4. The van der Waals surface area contributed by atoms with Crippen molar-refractivity contribution in [3.63, 3.8) is 0 Å². The van der Waals surface area contributed by atoms with E-state index in [2.05, 4.69) is 13.0 Å². The van der Waals surface area contributed by atoms with Crippen molar-refractivity contribution < 1.29 is 39.4 Å². The molecule has 0 bridgehead atoms. The molecule has 9 nitrogen and oxygen atoms in total. The Labute approximate surface area is 259 Å². The molecule has 2 heterocycles. The zero-order valence-corrected chi connectivity index (χ0v) is 27.5. The molecule has 248 valence electrons. The highest BCUT2D eigenvalue weighted by Crippen LogP contribution is 2.36. The molecule has 10 unspecified atom stereocenters. The minimum absolute atomic E-state index is 0.111. The van der Waals surface area contributed by atoms with Gasteiger partial charge in [0.05, 0.1) is 50.3 Å². The second-order valence-electron chi connectivity index (χ2n) is 12.9. The molecule has 0 aromatic rings. The number of hydrogen-bond acceptors (Lipinski definition) is 9. The van der Waals surface area contributed by atoms with Crippen molar-refractivity contribution >= 4 is 5.97 Å². The van der Waals surface area contributed by atoms with Gasteiger partial charge in [0.15, 0.2) is 0 Å². The van der Waals surface area contributed by atoms with E-state index in [0.717, 1.165) is 18.4 Å². The number of esters is 1. The maximum Gasteiger partial charge on any atom is 0.320 e. The lowest BCUT2D eigenvalue weighted by atomic mass is 9.89. The van der Waals surface area contributed by atoms with Crippen LogP contribution in [-0.2, 0) is 19.0 Å². The molecule has 10 atom stereocenters. The van der Waals surface area contributed by atoms with Crippen LogP contribution in [0.15, 0.2) is 36.0 Å². The molecule has 0 aliphatic carbocycles. The maximum atomic E-state index is 12.8. The number of carbonyl (C=O) groups is 1. The standard InChI is InChI=1S/C34H59NO8/c1-8-27(36)15-16-34(7,40)30(43-31(38)22-35-17-19-41-20-18-35)14-13-25(5)32(39)24(4)12-10-11-23(3)21-29-33(42-29)26(6)28(37)9-2/h10-14,23,25-30,32-33,36-37,39-40H,8-9,15-22H2,1-7H3. The van der Waals surface area contributed by atoms with Crippen LogP contribution in [0.3, 0.4) is 0 Å². The minimum atomic E-state index is -1.39. The first-order valence-electron chi connectivity index (χ1n) is 16.2. The van der Waals surface area contributed by atoms with E-state index in [0.29, 0.717) is 45.1 Å². The fourth-order valence-electron chi connectivity index (χ4n) is 5.44. The van der Waals surface area contributed by atoms with E-state index in [1.165, 1.54) is 0 Å². The number of ether oxygens (including phenoxy) is 3. The molecule has 0 spiro atoms. The second kappa shape index (κ2) is 18.4. The molecule has 2 aliphatic rings. The van der Waals surface area contributed by atoms with Gasteiger partial charge in [-0.05, 0) is 63.5 Å². The maximum absolute atomic E-state index is 12.8. The first-order valence-corrected chi connectivity index (χ1v) is 16.2. The van der Waals surface area contributed by atoms with Crippen LogP contribution in [0.4, 0.5) is 0 Å². The van der Waals surface area contributed by atoms with Gasteiger partial charge in [-0.25, -0.2) is 0 Å². The largest absolute Gasteiger partial charge is 0.454 e. The number of carbonyl (C=O) groups excluding carboxylic acids is 1. The third-order valence-corrected chi connectivity index (χ3v) is 8.90. The van der Waals surface area contributed by atoms with Crippen LogP contribution in [0, 0.1) is 17.8 Å². The van der Waals surface area contributed by atoms with Crippen LogP contribution in [0.1, 0.15) is 80.6 Å². The number of rotatable bonds is 19. The van der Waals surface area contributed by atoms with Crippen molar-refractivity contribution in [1.82, 2.24) is 4.90 Å². The van der Waals surface area contributed by atoms with E-state index in [4.69, 9.17) is 14.2 Å². The number of morpholine rings is 1. The summed E-state index contributed by atoms with van der Waals surface area (Å²) in [6.07, 6.45) is 9.97. The smallest absolute Gasteiger partial charge is 0.320 e. The summed E-state index contributed by atoms with van der Waals surface area (Å²) in [6, 6.07) is 0. The molecule has 4 N–H and O–H groups in total. The fourth-order valence-corrected chi connectivity index (χ4v) is 5.44. The molecule has 2 fully saturated rings. The number of aliphatic hydroxyl groups excluding tert-OH is 3. The molecule has 2 rings (SSSR count). The van der Waals surface area contributed by atoms with Gasteiger partial charge in [0.2, 0.25) is 0 Å². The molecular formula is C34H59NO8. The van der Waals surface area contributed by atoms with Crippen LogP contribution in [0.2, 0.25) is 0 Å². The lowest BCUT2D eigenvalue weighted by molar-refractivity contribution is -0.161. The highest BCUT2D eigenvalue weighted by atomic mass is 16.6. The molecule has 0 saturated carbocycles. The van der Waals surface area contributed by atoms with Crippen LogP contribution in [0.5, 0.6) is 0 Å². The van der Waals surface area contributed by atoms with Gasteiger partial charge < -0.3 is 34.6 Å². The molecule has 0 amide bonds. The average Bonchev–Trinajstić information content (AvgIpc) is 3.75. The van der Waals surface area contributed by atoms with Crippen molar-refractivity contribution in [3.8, 4) is 0 Å². The Morgan fingerprint density at radius 2 is 1.74 bits per heavy atom. The summed E-state index contributed by atoms with van der Waals surface area (Å²) in [5.74, 6) is -0.305. The highest BCUT2D eigenvalue weighted by Gasteiger charge is 2.45. The van der Waals surface area contributed by atoms with Gasteiger partial charge in [0.25, 0.3) is 0 Å². The molecule has 0 aromatic carbocycles. The van der Waals surface area contributed by atoms with Gasteiger partial charge in [0, 0.05) is 24.9 Å². The molecule has 0 aromatic heterocycles. The summed E-state index contributed by atoms with van der Waals surface area (Å²) in [7, 11) is 0. The number of nitrogens with zero attached hydrogens (tertiary/aromatic N) is 1. The van der Waals surface area contributed by atoms with Crippen molar-refractivity contribution in [1.29, 1.82) is 0 Å². The van der Waals surface area contributed by atoms with E-state index in [1.807, 2.05) is 51.7 Å². The summed E-state index contributed by atoms with van der Waals surface area (Å²) >= 11 is 0. The first-order chi connectivity index (χ1) is 20.3. The fraction of sp³-hybridized carbons (Fsp3) is 0.794. The summed E-state index contributed by atoms with van der Waals surface area (Å²) in [6.45, 7) is 15.9. The van der Waals surface area contributed by atoms with E-state index in [9.17, 15) is 25.2 Å². The van der Waals surface area contributed by atoms with Gasteiger partial charge >= 0.3 is 5.97 Å². The van der Waals surface area contributed by atoms with Gasteiger partial charge in [0.1, 0.15) is 11.7 Å². The monoisotopic (exact) mass is 609 g/mol. The summed E-state index contributed by atoms with van der Waals surface area (Å²) < 4.78 is 16.9. The predicted molar refractivity (Wildman–Crippen MR) is 168 cm³/mol. The van der Waals surface area contributed by atoms with E-state index in [-0.39, 0.29) is 43.1 Å². The average molecular weight is 610 g/mol. The van der Waals surface area contributed by atoms with Crippen molar-refractivity contribution in [2.45, 2.75) is 123 Å². The zero-order valence-electron chi connectivity index (χ0n) is 27.5. The first kappa shape index (κ1) is 37.6. The van der Waals surface area contributed by atoms with Crippen molar-refractivity contribution in [2.24, 2.45) is 17.8 Å². The Bertz CT molecular complexity index is 912. The summed E-state index contributed by atoms with van der Waals surface area (Å²) in [5.41, 5.74) is -0.599. The SMILES string of the molecule is CCC(O)CCC(C)(O)C(C=CC(C)C(O)C(C)=CC=CC(C)CC1OC1C(C)C(O)CC)OC(=O)CN1CCOCC1. The molecule has 0 radical (unpaired) electrons. The third-order valence-electron chi connectivity index (χ3n) is 8.90. The van der Waals surface area contributed by atoms with Crippen LogP contribution in [0.25, 0.3) is 0 Å². The van der Waals surface area contributed by atoms with Gasteiger partial charge in [-0.2, -0.15) is 0 Å². The van der Waals surface area contributed by atoms with E-state index in [1.54, 1.807) is 19.1 Å². The molecule has 43 heavy (non-hydrogen) atoms. The van der Waals surface area contributed by atoms with Crippen molar-refractivity contribution in [2.75, 3.05) is 32.8 Å². The third kappa shape index (κ3) is 13.1. The number of allylic oxidation sites excluding steroid dienone is 3. The molecular weight excluding hydrogens is 550 g/mol. The Balaban J connectivity index is 1.98. The van der Waals surface area contributed by atoms with Gasteiger partial charge in [-0.15, -0.1) is 0 Å². The van der Waals surface area contributed by atoms with Crippen LogP contribution >= 0.6 is 0 Å². The lowest BCUT2D eigenvalue weighted by Gasteiger charge is -2.33. The Morgan fingerprint density at radius 1 is 1.07 bits per heavy atom. The van der Waals surface area contributed by atoms with Gasteiger partial charge in [-0.3, -0.25) is 9.69 Å². The highest BCUT2D eigenvalue weighted by molar-refractivity contribution is 5.72. The minimum Gasteiger partial charge on any atom is -0.454 e. The molecule has 9 heteroatoms. The molecule has 2 saturated heterocycles. The Kier molecular flexibility index (Phi) is 16.1. The van der Waals surface area contributed by atoms with E-state index < -0.39 is 29.9 Å². The quantitative estimate of drug-likeness (QED) is 0.0748. The molecule has 2 aliphatic heterocycles. The van der Waals surface area contributed by atoms with E-state index >= 15 is 0 Å². The number of aliphatic hydroxyl groups is 4. The van der Waals surface area contributed by atoms with Crippen LogP contribution < -0.4 is 0 Å². The topological polar surface area (TPSA) is 132 Å². The predicted octanol–water partition coefficient (Wildman–Crippen LogP) is 3.79. The van der Waals surface area contributed by atoms with Crippen molar-refractivity contribution in [3.05, 3.63) is 36.0 Å². The van der Waals surface area contributed by atoms with Crippen LogP contribution in [-0.4, -0.2) is 106 Å². The zero-order chi connectivity index (χ0) is 32.2. The normalized spacial score (nSPS) is 26.4. The second-order valence-corrected chi connectivity index (χ2v) is 12.9. The summed E-state index contributed by atoms with van der Waals surface area (Å²) in [4.78, 5) is 14.8. The van der Waals surface area contributed by atoms with Gasteiger partial charge in [-0.1, -0.05) is 58.9 Å². The Morgan fingerprint density at radius 3 is 2.37 bits per heavy atom. The Hall–Kier alpha value is -1.59.